The van der Waals surface area contributed by atoms with Crippen LogP contribution in [-0.4, -0.2) is 15.7 Å². The molecule has 0 aliphatic rings. The van der Waals surface area contributed by atoms with Gasteiger partial charge in [-0.25, -0.2) is 4.68 Å². The van der Waals surface area contributed by atoms with Gasteiger partial charge in [0.25, 0.3) is 5.91 Å². The topological polar surface area (TPSA) is 86.9 Å². The van der Waals surface area contributed by atoms with Gasteiger partial charge in [0.15, 0.2) is 0 Å². The number of nitrogens with zero attached hydrogens (tertiary/aromatic N) is 2. The normalized spacial score (nSPS) is 10.5. The maximum absolute atomic E-state index is 11.5. The zero-order valence-electron chi connectivity index (χ0n) is 11.2. The molecule has 5 heteroatoms. The summed E-state index contributed by atoms with van der Waals surface area (Å²) in [5.74, 6) is -0.512. The van der Waals surface area contributed by atoms with Crippen LogP contribution in [0.15, 0.2) is 60.9 Å². The van der Waals surface area contributed by atoms with E-state index in [1.54, 1.807) is 29.1 Å². The number of hydrogen-bond acceptors (Lipinski definition) is 3. The quantitative estimate of drug-likeness (QED) is 0.720. The number of carbonyl (C=O) groups excluding carboxylic acids is 1. The zero-order valence-corrected chi connectivity index (χ0v) is 11.2. The summed E-state index contributed by atoms with van der Waals surface area (Å²) >= 11 is 0. The van der Waals surface area contributed by atoms with E-state index in [9.17, 15) is 4.79 Å². The van der Waals surface area contributed by atoms with E-state index >= 15 is 0 Å². The molecule has 0 aliphatic carbocycles. The van der Waals surface area contributed by atoms with Gasteiger partial charge >= 0.3 is 0 Å². The van der Waals surface area contributed by atoms with Crippen LogP contribution in [0.1, 0.15) is 10.4 Å². The smallest absolute Gasteiger partial charge is 0.250 e. The Hall–Kier alpha value is -3.08. The first kappa shape index (κ1) is 12.9. The second kappa shape index (κ2) is 5.13. The fraction of sp³-hybridized carbons (Fsp3) is 0. The molecule has 2 aromatic carbocycles. The van der Waals surface area contributed by atoms with Gasteiger partial charge in [0.05, 0.1) is 17.4 Å². The lowest BCUT2D eigenvalue weighted by molar-refractivity contribution is 0.1000. The lowest BCUT2D eigenvalue weighted by Gasteiger charge is -2.07. The van der Waals surface area contributed by atoms with Gasteiger partial charge in [-0.1, -0.05) is 30.3 Å². The summed E-state index contributed by atoms with van der Waals surface area (Å²) in [5.41, 5.74) is 14.7. The molecular weight excluding hydrogens is 264 g/mol. The number of nitrogen functional groups attached to an aromatic ring is 1. The van der Waals surface area contributed by atoms with Gasteiger partial charge in [0.2, 0.25) is 0 Å². The predicted molar refractivity (Wildman–Crippen MR) is 81.9 cm³/mol. The number of primary amides is 1. The molecule has 3 aromatic rings. The Balaban J connectivity index is 2.08. The van der Waals surface area contributed by atoms with E-state index in [1.807, 2.05) is 36.5 Å². The van der Waals surface area contributed by atoms with Gasteiger partial charge in [0, 0.05) is 17.4 Å². The van der Waals surface area contributed by atoms with Gasteiger partial charge in [0.1, 0.15) is 0 Å². The Morgan fingerprint density at radius 2 is 1.81 bits per heavy atom. The Kier molecular flexibility index (Phi) is 3.16. The van der Waals surface area contributed by atoms with Gasteiger partial charge < -0.3 is 11.5 Å². The van der Waals surface area contributed by atoms with Crippen LogP contribution in [0.5, 0.6) is 0 Å². The second-order valence-electron chi connectivity index (χ2n) is 4.68. The van der Waals surface area contributed by atoms with E-state index in [1.165, 1.54) is 0 Å². The third-order valence-electron chi connectivity index (χ3n) is 3.22. The molecule has 3 rings (SSSR count). The summed E-state index contributed by atoms with van der Waals surface area (Å²) in [6, 6.07) is 14.8. The summed E-state index contributed by atoms with van der Waals surface area (Å²) in [4.78, 5) is 11.5. The summed E-state index contributed by atoms with van der Waals surface area (Å²) in [7, 11) is 0. The first-order valence-electron chi connectivity index (χ1n) is 6.45. The van der Waals surface area contributed by atoms with Crippen molar-refractivity contribution in [2.45, 2.75) is 0 Å². The highest BCUT2D eigenvalue weighted by molar-refractivity contribution is 5.97. The molecule has 0 aliphatic heterocycles. The number of benzene rings is 2. The van der Waals surface area contributed by atoms with Gasteiger partial charge in [-0.05, 0) is 23.8 Å². The lowest BCUT2D eigenvalue weighted by Crippen LogP contribution is -2.15. The van der Waals surface area contributed by atoms with E-state index in [0.29, 0.717) is 16.9 Å². The van der Waals surface area contributed by atoms with Crippen molar-refractivity contribution < 1.29 is 4.79 Å². The number of anilines is 1. The first-order valence-corrected chi connectivity index (χ1v) is 6.45. The van der Waals surface area contributed by atoms with Crippen LogP contribution in [0.25, 0.3) is 16.8 Å². The predicted octanol–water partition coefficient (Wildman–Crippen LogP) is 2.22. The van der Waals surface area contributed by atoms with Crippen molar-refractivity contribution in [2.24, 2.45) is 5.73 Å². The molecule has 0 unspecified atom stereocenters. The van der Waals surface area contributed by atoms with Gasteiger partial charge in [-0.3, -0.25) is 4.79 Å². The van der Waals surface area contributed by atoms with E-state index in [4.69, 9.17) is 11.5 Å². The number of hydrogen-bond donors (Lipinski definition) is 2. The highest BCUT2D eigenvalue weighted by Gasteiger charge is 2.12. The minimum Gasteiger partial charge on any atom is -0.399 e. The fourth-order valence-electron chi connectivity index (χ4n) is 2.18. The van der Waals surface area contributed by atoms with E-state index in [2.05, 4.69) is 5.10 Å². The number of rotatable bonds is 3. The van der Waals surface area contributed by atoms with Gasteiger partial charge in [-0.15, -0.1) is 0 Å². The highest BCUT2D eigenvalue weighted by atomic mass is 16.1. The standard InChI is InChI=1S/C16H14N4O/c17-13-6-7-14(16(18)21)15(8-13)20-10-12(9-19-20)11-4-2-1-3-5-11/h1-10H,17H2,(H2,18,21). The van der Waals surface area contributed by atoms with Crippen LogP contribution in [0.3, 0.4) is 0 Å². The molecule has 1 amide bonds. The van der Waals surface area contributed by atoms with Crippen molar-refractivity contribution >= 4 is 11.6 Å². The number of aromatic nitrogens is 2. The van der Waals surface area contributed by atoms with Crippen LogP contribution < -0.4 is 11.5 Å². The first-order chi connectivity index (χ1) is 10.1. The van der Waals surface area contributed by atoms with Crippen molar-refractivity contribution in [1.82, 2.24) is 9.78 Å². The molecule has 0 radical (unpaired) electrons. The molecule has 1 heterocycles. The summed E-state index contributed by atoms with van der Waals surface area (Å²) in [6.45, 7) is 0. The van der Waals surface area contributed by atoms with E-state index in [-0.39, 0.29) is 0 Å². The monoisotopic (exact) mass is 278 g/mol. The Bertz CT molecular complexity index is 793. The number of carbonyl (C=O) groups is 1. The maximum Gasteiger partial charge on any atom is 0.250 e. The Morgan fingerprint density at radius 3 is 2.52 bits per heavy atom. The van der Waals surface area contributed by atoms with Crippen molar-refractivity contribution in [3.63, 3.8) is 0 Å². The molecule has 4 N–H and O–H groups in total. The van der Waals surface area contributed by atoms with E-state index < -0.39 is 5.91 Å². The minimum absolute atomic E-state index is 0.381. The number of amides is 1. The van der Waals surface area contributed by atoms with Crippen LogP contribution in [-0.2, 0) is 0 Å². The second-order valence-corrected chi connectivity index (χ2v) is 4.68. The molecule has 5 nitrogen and oxygen atoms in total. The Morgan fingerprint density at radius 1 is 1.05 bits per heavy atom. The van der Waals surface area contributed by atoms with E-state index in [0.717, 1.165) is 11.1 Å². The number of nitrogens with two attached hydrogens (primary N) is 2. The average Bonchev–Trinajstić information content (AvgIpc) is 2.97. The molecule has 0 bridgehead atoms. The molecule has 104 valence electrons. The molecule has 0 spiro atoms. The third kappa shape index (κ3) is 2.49. The highest BCUT2D eigenvalue weighted by Crippen LogP contribution is 2.22. The van der Waals surface area contributed by atoms with Crippen LogP contribution in [0.4, 0.5) is 5.69 Å². The van der Waals surface area contributed by atoms with Crippen molar-refractivity contribution in [3.05, 3.63) is 66.5 Å². The summed E-state index contributed by atoms with van der Waals surface area (Å²) in [6.07, 6.45) is 3.58. The molecule has 21 heavy (non-hydrogen) atoms. The SMILES string of the molecule is NC(=O)c1ccc(N)cc1-n1cc(-c2ccccc2)cn1. The molecule has 0 atom stereocenters. The molecule has 0 fully saturated rings. The molecule has 1 aromatic heterocycles. The van der Waals surface area contributed by atoms with Gasteiger partial charge in [-0.2, -0.15) is 5.10 Å². The van der Waals surface area contributed by atoms with Crippen molar-refractivity contribution in [3.8, 4) is 16.8 Å². The summed E-state index contributed by atoms with van der Waals surface area (Å²) < 4.78 is 1.61. The van der Waals surface area contributed by atoms with Crippen LogP contribution in [0, 0.1) is 0 Å². The van der Waals surface area contributed by atoms with Crippen LogP contribution >= 0.6 is 0 Å². The molecular formula is C16H14N4O. The fourth-order valence-corrected chi connectivity index (χ4v) is 2.18. The zero-order chi connectivity index (χ0) is 14.8. The van der Waals surface area contributed by atoms with Crippen LogP contribution in [0.2, 0.25) is 0 Å². The molecule has 0 saturated heterocycles. The average molecular weight is 278 g/mol. The third-order valence-corrected chi connectivity index (χ3v) is 3.22. The lowest BCUT2D eigenvalue weighted by atomic mass is 10.1. The maximum atomic E-state index is 11.5. The Labute approximate surface area is 121 Å². The largest absolute Gasteiger partial charge is 0.399 e. The van der Waals surface area contributed by atoms with Crippen molar-refractivity contribution in [2.75, 3.05) is 5.73 Å². The van der Waals surface area contributed by atoms with Crippen molar-refractivity contribution in [1.29, 1.82) is 0 Å². The molecule has 0 saturated carbocycles. The minimum atomic E-state index is -0.512. The summed E-state index contributed by atoms with van der Waals surface area (Å²) in [5, 5.41) is 4.30.